The molecule has 2 aromatic heterocycles. The van der Waals surface area contributed by atoms with E-state index >= 15 is 0 Å². The van der Waals surface area contributed by atoms with Crippen LogP contribution in [0.5, 0.6) is 6.01 Å². The Morgan fingerprint density at radius 1 is 1.16 bits per heavy atom. The molecule has 19 heavy (non-hydrogen) atoms. The molecule has 0 bridgehead atoms. The van der Waals surface area contributed by atoms with Crippen molar-refractivity contribution in [1.82, 2.24) is 19.9 Å². The zero-order chi connectivity index (χ0) is 13.7. The molecule has 0 spiro atoms. The fraction of sp³-hybridized carbons (Fsp3) is 0.385. The van der Waals surface area contributed by atoms with Crippen LogP contribution in [0.2, 0.25) is 0 Å². The Hall–Kier alpha value is -2.24. The van der Waals surface area contributed by atoms with Crippen LogP contribution in [0.1, 0.15) is 25.2 Å². The minimum absolute atomic E-state index is 0.0286. The Kier molecular flexibility index (Phi) is 4.22. The van der Waals surface area contributed by atoms with E-state index < -0.39 is 0 Å². The fourth-order valence-electron chi connectivity index (χ4n) is 1.54. The van der Waals surface area contributed by atoms with Crippen LogP contribution in [0.4, 0.5) is 5.95 Å². The number of aromatic nitrogens is 4. The summed E-state index contributed by atoms with van der Waals surface area (Å²) in [6, 6.07) is 4.22. The van der Waals surface area contributed by atoms with Crippen molar-refractivity contribution in [3.05, 3.63) is 35.9 Å². The maximum Gasteiger partial charge on any atom is 0.321 e. The molecule has 0 saturated carbocycles. The monoisotopic (exact) mass is 259 g/mol. The summed E-state index contributed by atoms with van der Waals surface area (Å²) < 4.78 is 5.52. The van der Waals surface area contributed by atoms with Gasteiger partial charge in [0.05, 0.1) is 6.10 Å². The molecule has 0 aliphatic rings. The summed E-state index contributed by atoms with van der Waals surface area (Å²) in [4.78, 5) is 16.8. The van der Waals surface area contributed by atoms with Gasteiger partial charge in [-0.1, -0.05) is 0 Å². The van der Waals surface area contributed by atoms with E-state index in [1.54, 1.807) is 19.4 Å². The number of rotatable bonds is 5. The third kappa shape index (κ3) is 3.87. The summed E-state index contributed by atoms with van der Waals surface area (Å²) in [6.45, 7) is 3.87. The van der Waals surface area contributed by atoms with E-state index in [1.165, 1.54) is 0 Å². The zero-order valence-corrected chi connectivity index (χ0v) is 11.3. The zero-order valence-electron chi connectivity index (χ0n) is 11.3. The van der Waals surface area contributed by atoms with Gasteiger partial charge in [-0.3, -0.25) is 4.98 Å². The summed E-state index contributed by atoms with van der Waals surface area (Å²) in [5.41, 5.74) is 1.10. The Labute approximate surface area is 112 Å². The normalized spacial score (nSPS) is 10.5. The lowest BCUT2D eigenvalue weighted by atomic mass is 10.2. The lowest BCUT2D eigenvalue weighted by Gasteiger charge is -2.10. The van der Waals surface area contributed by atoms with E-state index in [4.69, 9.17) is 4.74 Å². The van der Waals surface area contributed by atoms with Gasteiger partial charge in [-0.2, -0.15) is 15.0 Å². The van der Waals surface area contributed by atoms with Crippen molar-refractivity contribution < 1.29 is 4.74 Å². The van der Waals surface area contributed by atoms with Crippen molar-refractivity contribution in [1.29, 1.82) is 0 Å². The van der Waals surface area contributed by atoms with E-state index in [-0.39, 0.29) is 6.10 Å². The molecule has 2 heterocycles. The molecule has 6 heteroatoms. The Balaban J connectivity index is 2.24. The third-order valence-electron chi connectivity index (χ3n) is 2.34. The first-order chi connectivity index (χ1) is 9.17. The van der Waals surface area contributed by atoms with Gasteiger partial charge in [0, 0.05) is 25.9 Å². The molecule has 0 aliphatic carbocycles. The standard InChI is InChI=1S/C13H17N5O/c1-9(2)19-13-17-11(16-12(14-3)18-13)8-10-4-6-15-7-5-10/h4-7,9H,8H2,1-3H3,(H,14,16,17,18). The average Bonchev–Trinajstić information content (AvgIpc) is 2.38. The summed E-state index contributed by atoms with van der Waals surface area (Å²) in [6.07, 6.45) is 4.15. The highest BCUT2D eigenvalue weighted by Gasteiger charge is 2.08. The summed E-state index contributed by atoms with van der Waals surface area (Å²) >= 11 is 0. The minimum Gasteiger partial charge on any atom is -0.461 e. The van der Waals surface area contributed by atoms with Crippen LogP contribution in [0.15, 0.2) is 24.5 Å². The maximum absolute atomic E-state index is 5.52. The molecular weight excluding hydrogens is 242 g/mol. The Morgan fingerprint density at radius 3 is 2.53 bits per heavy atom. The topological polar surface area (TPSA) is 72.8 Å². The van der Waals surface area contributed by atoms with Crippen LogP contribution in [0.25, 0.3) is 0 Å². The molecule has 1 N–H and O–H groups in total. The lowest BCUT2D eigenvalue weighted by molar-refractivity contribution is 0.221. The highest BCUT2D eigenvalue weighted by atomic mass is 16.5. The lowest BCUT2D eigenvalue weighted by Crippen LogP contribution is -2.12. The van der Waals surface area contributed by atoms with E-state index in [1.807, 2.05) is 26.0 Å². The van der Waals surface area contributed by atoms with E-state index in [0.717, 1.165) is 5.56 Å². The average molecular weight is 259 g/mol. The van der Waals surface area contributed by atoms with E-state index in [2.05, 4.69) is 25.3 Å². The molecule has 2 aromatic rings. The Morgan fingerprint density at radius 2 is 1.89 bits per heavy atom. The first-order valence-corrected chi connectivity index (χ1v) is 6.15. The predicted molar refractivity (Wildman–Crippen MR) is 72.2 cm³/mol. The maximum atomic E-state index is 5.52. The molecule has 0 atom stereocenters. The molecule has 2 rings (SSSR count). The van der Waals surface area contributed by atoms with E-state index in [0.29, 0.717) is 24.2 Å². The van der Waals surface area contributed by atoms with Gasteiger partial charge >= 0.3 is 6.01 Å². The number of hydrogen-bond donors (Lipinski definition) is 1. The molecule has 0 fully saturated rings. The molecule has 0 aromatic carbocycles. The number of pyridine rings is 1. The van der Waals surface area contributed by atoms with Crippen molar-refractivity contribution in [2.75, 3.05) is 12.4 Å². The Bertz CT molecular complexity index is 530. The second-order valence-corrected chi connectivity index (χ2v) is 4.31. The number of anilines is 1. The summed E-state index contributed by atoms with van der Waals surface area (Å²) in [5, 5.41) is 2.91. The van der Waals surface area contributed by atoms with Crippen molar-refractivity contribution in [3.63, 3.8) is 0 Å². The van der Waals surface area contributed by atoms with Gasteiger partial charge in [-0.05, 0) is 31.5 Å². The third-order valence-corrected chi connectivity index (χ3v) is 2.34. The second kappa shape index (κ2) is 6.08. The quantitative estimate of drug-likeness (QED) is 0.880. The number of ether oxygens (including phenoxy) is 1. The molecular formula is C13H17N5O. The summed E-state index contributed by atoms with van der Waals surface area (Å²) in [7, 11) is 1.77. The molecule has 0 aliphatic heterocycles. The van der Waals surface area contributed by atoms with Gasteiger partial charge < -0.3 is 10.1 Å². The van der Waals surface area contributed by atoms with Crippen molar-refractivity contribution >= 4 is 5.95 Å². The molecule has 6 nitrogen and oxygen atoms in total. The second-order valence-electron chi connectivity index (χ2n) is 4.31. The molecule has 0 unspecified atom stereocenters. The highest BCUT2D eigenvalue weighted by molar-refractivity contribution is 5.26. The van der Waals surface area contributed by atoms with Gasteiger partial charge in [0.25, 0.3) is 0 Å². The number of nitrogens with one attached hydrogen (secondary N) is 1. The van der Waals surface area contributed by atoms with Crippen molar-refractivity contribution in [2.45, 2.75) is 26.4 Å². The van der Waals surface area contributed by atoms with Crippen LogP contribution in [-0.4, -0.2) is 33.1 Å². The van der Waals surface area contributed by atoms with Crippen LogP contribution in [0, 0.1) is 0 Å². The smallest absolute Gasteiger partial charge is 0.321 e. The number of nitrogens with zero attached hydrogens (tertiary/aromatic N) is 4. The first-order valence-electron chi connectivity index (χ1n) is 6.15. The van der Waals surface area contributed by atoms with Crippen LogP contribution in [0.3, 0.4) is 0 Å². The van der Waals surface area contributed by atoms with E-state index in [9.17, 15) is 0 Å². The molecule has 0 radical (unpaired) electrons. The van der Waals surface area contributed by atoms with Gasteiger partial charge in [0.2, 0.25) is 5.95 Å². The summed E-state index contributed by atoms with van der Waals surface area (Å²) in [5.74, 6) is 1.18. The molecule has 0 amide bonds. The highest BCUT2D eigenvalue weighted by Crippen LogP contribution is 2.12. The largest absolute Gasteiger partial charge is 0.461 e. The van der Waals surface area contributed by atoms with Crippen LogP contribution in [-0.2, 0) is 6.42 Å². The van der Waals surface area contributed by atoms with Crippen LogP contribution >= 0.6 is 0 Å². The van der Waals surface area contributed by atoms with Crippen molar-refractivity contribution in [3.8, 4) is 6.01 Å². The van der Waals surface area contributed by atoms with Crippen LogP contribution < -0.4 is 10.1 Å². The SMILES string of the molecule is CNc1nc(Cc2ccncc2)nc(OC(C)C)n1. The minimum atomic E-state index is 0.0286. The van der Waals surface area contributed by atoms with Gasteiger partial charge in [-0.15, -0.1) is 0 Å². The number of hydrogen-bond acceptors (Lipinski definition) is 6. The predicted octanol–water partition coefficient (Wildman–Crippen LogP) is 1.69. The molecule has 0 saturated heterocycles. The first kappa shape index (κ1) is 13.2. The molecule has 100 valence electrons. The van der Waals surface area contributed by atoms with Gasteiger partial charge in [0.15, 0.2) is 0 Å². The van der Waals surface area contributed by atoms with Gasteiger partial charge in [0.1, 0.15) is 5.82 Å². The fourth-order valence-corrected chi connectivity index (χ4v) is 1.54. The van der Waals surface area contributed by atoms with Crippen molar-refractivity contribution in [2.24, 2.45) is 0 Å². The van der Waals surface area contributed by atoms with Gasteiger partial charge in [-0.25, -0.2) is 0 Å².